The molecule has 3 atom stereocenters. The number of rotatable bonds is 2. The minimum atomic E-state index is -0.553. The third-order valence-electron chi connectivity index (χ3n) is 2.89. The van der Waals surface area contributed by atoms with Crippen molar-refractivity contribution in [3.8, 4) is 0 Å². The lowest BCUT2D eigenvalue weighted by atomic mass is 9.76. The van der Waals surface area contributed by atoms with Gasteiger partial charge in [0.05, 0.1) is 24.2 Å². The molecule has 3 heteroatoms. The van der Waals surface area contributed by atoms with Crippen LogP contribution in [0.5, 0.6) is 0 Å². The zero-order chi connectivity index (χ0) is 7.90. The lowest BCUT2D eigenvalue weighted by molar-refractivity contribution is -0.121. The maximum absolute atomic E-state index is 10.7. The van der Waals surface area contributed by atoms with Gasteiger partial charge in [-0.05, 0) is 19.3 Å². The molecule has 0 aromatic carbocycles. The van der Waals surface area contributed by atoms with Crippen LogP contribution in [0.15, 0.2) is 0 Å². The van der Waals surface area contributed by atoms with Gasteiger partial charge in [0.2, 0.25) is 0 Å². The van der Waals surface area contributed by atoms with Crippen molar-refractivity contribution in [2.75, 3.05) is 6.61 Å². The highest BCUT2D eigenvalue weighted by Gasteiger charge is 2.52. The highest BCUT2D eigenvalue weighted by molar-refractivity contribution is 5.62. The Morgan fingerprint density at radius 3 is 2.73 bits per heavy atom. The number of carbonyl (C=O) groups excluding carboxylic acids is 1. The van der Waals surface area contributed by atoms with Crippen LogP contribution in [0.25, 0.3) is 0 Å². The van der Waals surface area contributed by atoms with E-state index in [1.165, 1.54) is 0 Å². The van der Waals surface area contributed by atoms with Crippen LogP contribution in [-0.2, 0) is 9.53 Å². The van der Waals surface area contributed by atoms with Gasteiger partial charge in [0, 0.05) is 0 Å². The van der Waals surface area contributed by atoms with Crippen molar-refractivity contribution in [1.82, 2.24) is 0 Å². The number of aldehydes is 1. The first-order chi connectivity index (χ1) is 5.30. The lowest BCUT2D eigenvalue weighted by Crippen LogP contribution is -2.37. The van der Waals surface area contributed by atoms with Gasteiger partial charge >= 0.3 is 0 Å². The van der Waals surface area contributed by atoms with E-state index in [0.717, 1.165) is 25.5 Å². The number of aliphatic hydroxyl groups is 1. The zero-order valence-electron chi connectivity index (χ0n) is 6.32. The summed E-state index contributed by atoms with van der Waals surface area (Å²) in [5.41, 5.74) is -0.553. The van der Waals surface area contributed by atoms with Crippen molar-refractivity contribution >= 4 is 6.29 Å². The van der Waals surface area contributed by atoms with Crippen molar-refractivity contribution in [2.24, 2.45) is 5.41 Å². The Morgan fingerprint density at radius 2 is 2.45 bits per heavy atom. The molecule has 62 valence electrons. The second-order valence-corrected chi connectivity index (χ2v) is 3.54. The molecule has 0 aromatic rings. The second kappa shape index (κ2) is 2.29. The van der Waals surface area contributed by atoms with Gasteiger partial charge in [0.15, 0.2) is 0 Å². The molecule has 2 saturated heterocycles. The summed E-state index contributed by atoms with van der Waals surface area (Å²) in [6, 6.07) is 0. The molecule has 2 aliphatic rings. The van der Waals surface area contributed by atoms with Gasteiger partial charge in [0.1, 0.15) is 6.29 Å². The predicted octanol–water partition coefficient (Wildman–Crippen LogP) is 0.115. The van der Waals surface area contributed by atoms with Crippen LogP contribution < -0.4 is 0 Å². The van der Waals surface area contributed by atoms with Crippen molar-refractivity contribution < 1.29 is 14.6 Å². The second-order valence-electron chi connectivity index (χ2n) is 3.54. The molecule has 0 aliphatic carbocycles. The molecule has 1 N–H and O–H groups in total. The topological polar surface area (TPSA) is 46.5 Å². The summed E-state index contributed by atoms with van der Waals surface area (Å²) in [6.45, 7) is -0.0579. The first kappa shape index (κ1) is 7.25. The molecule has 0 aromatic heterocycles. The van der Waals surface area contributed by atoms with Gasteiger partial charge < -0.3 is 14.6 Å². The van der Waals surface area contributed by atoms with Crippen molar-refractivity contribution in [3.05, 3.63) is 0 Å². The molecule has 3 nitrogen and oxygen atoms in total. The molecule has 0 radical (unpaired) electrons. The number of hydrogen-bond donors (Lipinski definition) is 1. The monoisotopic (exact) mass is 156 g/mol. The van der Waals surface area contributed by atoms with Gasteiger partial charge in [-0.1, -0.05) is 0 Å². The average molecular weight is 156 g/mol. The Bertz CT molecular complexity index is 180. The van der Waals surface area contributed by atoms with Crippen LogP contribution in [0.4, 0.5) is 0 Å². The van der Waals surface area contributed by atoms with Crippen LogP contribution in [0.3, 0.4) is 0 Å². The third-order valence-corrected chi connectivity index (χ3v) is 2.89. The predicted molar refractivity (Wildman–Crippen MR) is 38.1 cm³/mol. The summed E-state index contributed by atoms with van der Waals surface area (Å²) in [5.74, 6) is 0. The van der Waals surface area contributed by atoms with E-state index in [-0.39, 0.29) is 18.8 Å². The Hall–Kier alpha value is -0.410. The fourth-order valence-electron chi connectivity index (χ4n) is 2.16. The molecule has 2 fully saturated rings. The normalized spacial score (nSPS) is 48.1. The van der Waals surface area contributed by atoms with Gasteiger partial charge in [-0.3, -0.25) is 0 Å². The standard InChI is InChI=1S/C8H12O3/c9-4-8(5-10)3-6-1-2-7(8)11-6/h4,6-7,10H,1-3,5H2. The fraction of sp³-hybridized carbons (Fsp3) is 0.875. The van der Waals surface area contributed by atoms with Crippen LogP contribution in [0.2, 0.25) is 0 Å². The number of hydrogen-bond acceptors (Lipinski definition) is 3. The van der Waals surface area contributed by atoms with Crippen molar-refractivity contribution in [2.45, 2.75) is 31.5 Å². The molecule has 3 unspecified atom stereocenters. The Kier molecular flexibility index (Phi) is 1.51. The van der Waals surface area contributed by atoms with E-state index >= 15 is 0 Å². The van der Waals surface area contributed by atoms with Crippen LogP contribution in [0.1, 0.15) is 19.3 Å². The number of ether oxygens (including phenoxy) is 1. The van der Waals surface area contributed by atoms with E-state index in [4.69, 9.17) is 9.84 Å². The summed E-state index contributed by atoms with van der Waals surface area (Å²) in [4.78, 5) is 10.7. The highest BCUT2D eigenvalue weighted by Crippen LogP contribution is 2.45. The minimum absolute atomic E-state index is 0.00463. The van der Waals surface area contributed by atoms with E-state index < -0.39 is 5.41 Å². The van der Waals surface area contributed by atoms with E-state index in [1.54, 1.807) is 0 Å². The summed E-state index contributed by atoms with van der Waals surface area (Å²) >= 11 is 0. The van der Waals surface area contributed by atoms with Crippen molar-refractivity contribution in [1.29, 1.82) is 0 Å². The third kappa shape index (κ3) is 0.844. The van der Waals surface area contributed by atoms with E-state index in [1.807, 2.05) is 0 Å². The van der Waals surface area contributed by atoms with Gasteiger partial charge in [-0.2, -0.15) is 0 Å². The molecular formula is C8H12O3. The summed E-state index contributed by atoms with van der Waals surface area (Å²) in [7, 11) is 0. The highest BCUT2D eigenvalue weighted by atomic mass is 16.5. The average Bonchev–Trinajstić information content (AvgIpc) is 2.62. The first-order valence-corrected chi connectivity index (χ1v) is 4.03. The Balaban J connectivity index is 2.20. The Labute approximate surface area is 65.4 Å². The number of aliphatic hydroxyl groups excluding tert-OH is 1. The summed E-state index contributed by atoms with van der Waals surface area (Å²) in [5, 5.41) is 9.03. The van der Waals surface area contributed by atoms with Crippen molar-refractivity contribution in [3.63, 3.8) is 0 Å². The molecular weight excluding hydrogens is 144 g/mol. The molecule has 11 heavy (non-hydrogen) atoms. The SMILES string of the molecule is O=CC1(CO)CC2CCC1O2. The molecule has 0 amide bonds. The number of fused-ring (bicyclic) bond motifs is 2. The van der Waals surface area contributed by atoms with Crippen LogP contribution in [0, 0.1) is 5.41 Å². The molecule has 0 spiro atoms. The molecule has 2 heterocycles. The van der Waals surface area contributed by atoms with E-state index in [2.05, 4.69) is 0 Å². The lowest BCUT2D eigenvalue weighted by Gasteiger charge is -2.26. The maximum Gasteiger partial charge on any atom is 0.131 e. The van der Waals surface area contributed by atoms with Gasteiger partial charge in [0.25, 0.3) is 0 Å². The summed E-state index contributed by atoms with van der Waals surface area (Å²) in [6.07, 6.45) is 3.81. The van der Waals surface area contributed by atoms with Crippen LogP contribution >= 0.6 is 0 Å². The largest absolute Gasteiger partial charge is 0.395 e. The molecule has 2 aliphatic heterocycles. The zero-order valence-corrected chi connectivity index (χ0v) is 6.32. The first-order valence-electron chi connectivity index (χ1n) is 4.03. The van der Waals surface area contributed by atoms with Gasteiger partial charge in [-0.15, -0.1) is 0 Å². The summed E-state index contributed by atoms with van der Waals surface area (Å²) < 4.78 is 5.48. The quantitative estimate of drug-likeness (QED) is 0.577. The number of carbonyl (C=O) groups is 1. The smallest absolute Gasteiger partial charge is 0.131 e. The fourth-order valence-corrected chi connectivity index (χ4v) is 2.16. The molecule has 2 bridgehead atoms. The molecule has 2 rings (SSSR count). The van der Waals surface area contributed by atoms with E-state index in [9.17, 15) is 4.79 Å². The Morgan fingerprint density at radius 1 is 1.64 bits per heavy atom. The van der Waals surface area contributed by atoms with Gasteiger partial charge in [-0.25, -0.2) is 0 Å². The van der Waals surface area contributed by atoms with E-state index in [0.29, 0.717) is 0 Å². The van der Waals surface area contributed by atoms with Crippen LogP contribution in [-0.4, -0.2) is 30.2 Å². The molecule has 0 saturated carbocycles. The maximum atomic E-state index is 10.7. The minimum Gasteiger partial charge on any atom is -0.395 e.